The van der Waals surface area contributed by atoms with E-state index < -0.39 is 0 Å². The Hall–Kier alpha value is -0.0500. The van der Waals surface area contributed by atoms with E-state index in [9.17, 15) is 4.79 Å². The monoisotopic (exact) mass is 291 g/mol. The van der Waals surface area contributed by atoms with Crippen LogP contribution in [0.25, 0.3) is 0 Å². The first-order valence-corrected chi connectivity index (χ1v) is 7.58. The molecular weight excluding hydrogens is 266 g/mol. The topological polar surface area (TPSA) is 20.3 Å². The highest BCUT2D eigenvalue weighted by Crippen LogP contribution is 2.15. The molecule has 0 aromatic carbocycles. The molecule has 0 aromatic heterocycles. The van der Waals surface area contributed by atoms with Gasteiger partial charge in [-0.05, 0) is 18.8 Å². The van der Waals surface area contributed by atoms with Crippen LogP contribution >= 0.6 is 15.9 Å². The van der Waals surface area contributed by atoms with Gasteiger partial charge < -0.3 is 4.90 Å². The average molecular weight is 292 g/mol. The average Bonchev–Trinajstić information content (AvgIpc) is 2.29. The molecule has 0 aromatic rings. The Balaban J connectivity index is 4.44. The molecule has 3 heteroatoms. The van der Waals surface area contributed by atoms with Crippen molar-refractivity contribution >= 4 is 21.8 Å². The molecule has 1 atom stereocenters. The lowest BCUT2D eigenvalue weighted by Gasteiger charge is -2.31. The summed E-state index contributed by atoms with van der Waals surface area (Å²) in [6.45, 7) is 9.44. The molecule has 0 aliphatic heterocycles. The number of halogens is 1. The van der Waals surface area contributed by atoms with Crippen LogP contribution in [0.1, 0.15) is 53.4 Å². The quantitative estimate of drug-likeness (QED) is 0.623. The minimum absolute atomic E-state index is 0.322. The highest BCUT2D eigenvalue weighted by molar-refractivity contribution is 9.09. The summed E-state index contributed by atoms with van der Waals surface area (Å²) in [5.41, 5.74) is 0. The summed E-state index contributed by atoms with van der Waals surface area (Å²) in [6, 6.07) is 0.411. The van der Waals surface area contributed by atoms with Gasteiger partial charge in [0, 0.05) is 24.3 Å². The van der Waals surface area contributed by atoms with Crippen molar-refractivity contribution in [1.29, 1.82) is 0 Å². The van der Waals surface area contributed by atoms with Gasteiger partial charge in [0.05, 0.1) is 0 Å². The Morgan fingerprint density at radius 3 is 2.12 bits per heavy atom. The normalized spacial score (nSPS) is 12.9. The van der Waals surface area contributed by atoms with Crippen molar-refractivity contribution < 1.29 is 4.79 Å². The third-order valence-electron chi connectivity index (χ3n) is 3.25. The first-order valence-electron chi connectivity index (χ1n) is 6.45. The zero-order valence-corrected chi connectivity index (χ0v) is 12.7. The Kier molecular flexibility index (Phi) is 9.00. The maximum absolute atomic E-state index is 12.2. The van der Waals surface area contributed by atoms with Crippen molar-refractivity contribution in [3.63, 3.8) is 0 Å². The molecule has 96 valence electrons. The van der Waals surface area contributed by atoms with Gasteiger partial charge in [0.15, 0.2) is 0 Å². The van der Waals surface area contributed by atoms with E-state index in [1.54, 1.807) is 0 Å². The maximum Gasteiger partial charge on any atom is 0.223 e. The molecule has 0 saturated carbocycles. The van der Waals surface area contributed by atoms with Gasteiger partial charge in [0.25, 0.3) is 0 Å². The zero-order valence-electron chi connectivity index (χ0n) is 11.1. The fraction of sp³-hybridized carbons (Fsp3) is 0.923. The van der Waals surface area contributed by atoms with Crippen LogP contribution in [0.5, 0.6) is 0 Å². The van der Waals surface area contributed by atoms with Crippen LogP contribution < -0.4 is 0 Å². The van der Waals surface area contributed by atoms with Crippen LogP contribution in [0.15, 0.2) is 0 Å². The number of nitrogens with zero attached hydrogens (tertiary/aromatic N) is 1. The molecule has 0 aliphatic rings. The summed E-state index contributed by atoms with van der Waals surface area (Å²) in [5, 5.41) is 0.871. The summed E-state index contributed by atoms with van der Waals surface area (Å²) in [6.07, 6.45) is 3.88. The molecule has 0 saturated heterocycles. The summed E-state index contributed by atoms with van der Waals surface area (Å²) < 4.78 is 0. The van der Waals surface area contributed by atoms with Crippen LogP contribution in [-0.2, 0) is 4.79 Å². The van der Waals surface area contributed by atoms with E-state index in [1.165, 1.54) is 0 Å². The SMILES string of the molecule is CCC(C)CC(=O)N(CCBr)C(CC)CC. The zero-order chi connectivity index (χ0) is 12.6. The lowest BCUT2D eigenvalue weighted by molar-refractivity contribution is -0.134. The molecule has 2 nitrogen and oxygen atoms in total. The second-order valence-corrected chi connectivity index (χ2v) is 5.26. The minimum atomic E-state index is 0.322. The van der Waals surface area contributed by atoms with Crippen molar-refractivity contribution in [2.45, 2.75) is 59.4 Å². The molecule has 1 amide bonds. The van der Waals surface area contributed by atoms with E-state index in [-0.39, 0.29) is 0 Å². The van der Waals surface area contributed by atoms with E-state index in [2.05, 4.69) is 48.5 Å². The first kappa shape index (κ1) is 16.0. The Labute approximate surface area is 109 Å². The van der Waals surface area contributed by atoms with Crippen molar-refractivity contribution in [1.82, 2.24) is 4.90 Å². The minimum Gasteiger partial charge on any atom is -0.339 e. The fourth-order valence-electron chi connectivity index (χ4n) is 1.89. The Morgan fingerprint density at radius 1 is 1.19 bits per heavy atom. The Morgan fingerprint density at radius 2 is 1.75 bits per heavy atom. The summed E-state index contributed by atoms with van der Waals surface area (Å²) in [5.74, 6) is 0.821. The molecule has 0 aliphatic carbocycles. The number of hydrogen-bond donors (Lipinski definition) is 0. The number of alkyl halides is 1. The van der Waals surface area contributed by atoms with Gasteiger partial charge >= 0.3 is 0 Å². The highest BCUT2D eigenvalue weighted by Gasteiger charge is 2.21. The third kappa shape index (κ3) is 5.33. The second-order valence-electron chi connectivity index (χ2n) is 4.46. The van der Waals surface area contributed by atoms with Gasteiger partial charge in [-0.2, -0.15) is 0 Å². The van der Waals surface area contributed by atoms with Crippen molar-refractivity contribution in [2.75, 3.05) is 11.9 Å². The van der Waals surface area contributed by atoms with Gasteiger partial charge in [0.2, 0.25) is 5.91 Å². The van der Waals surface area contributed by atoms with Crippen LogP contribution in [-0.4, -0.2) is 28.7 Å². The molecule has 0 heterocycles. The predicted molar refractivity (Wildman–Crippen MR) is 73.9 cm³/mol. The first-order chi connectivity index (χ1) is 7.60. The fourth-order valence-corrected chi connectivity index (χ4v) is 2.27. The van der Waals surface area contributed by atoms with Gasteiger partial charge in [-0.1, -0.05) is 50.0 Å². The predicted octanol–water partition coefficient (Wildman–Crippen LogP) is 3.83. The molecular formula is C13H26BrNO. The van der Waals surface area contributed by atoms with Crippen molar-refractivity contribution in [3.8, 4) is 0 Å². The standard InChI is InChI=1S/C13H26BrNO/c1-5-11(4)10-13(16)15(9-8-14)12(6-2)7-3/h11-12H,5-10H2,1-4H3. The van der Waals surface area contributed by atoms with E-state index >= 15 is 0 Å². The maximum atomic E-state index is 12.2. The number of amides is 1. The lowest BCUT2D eigenvalue weighted by Crippen LogP contribution is -2.41. The molecule has 0 fully saturated rings. The second kappa shape index (κ2) is 9.03. The van der Waals surface area contributed by atoms with Gasteiger partial charge in [-0.3, -0.25) is 4.79 Å². The van der Waals surface area contributed by atoms with Crippen molar-refractivity contribution in [2.24, 2.45) is 5.92 Å². The Bertz CT molecular complexity index is 192. The van der Waals surface area contributed by atoms with Gasteiger partial charge in [-0.15, -0.1) is 0 Å². The summed E-state index contributed by atoms with van der Waals surface area (Å²) >= 11 is 3.43. The number of carbonyl (C=O) groups excluding carboxylic acids is 1. The largest absolute Gasteiger partial charge is 0.339 e. The molecule has 0 bridgehead atoms. The lowest BCUT2D eigenvalue weighted by atomic mass is 10.0. The molecule has 16 heavy (non-hydrogen) atoms. The van der Waals surface area contributed by atoms with Crippen LogP contribution in [0.4, 0.5) is 0 Å². The molecule has 0 rings (SSSR count). The van der Waals surface area contributed by atoms with Gasteiger partial charge in [-0.25, -0.2) is 0 Å². The number of rotatable bonds is 8. The number of carbonyl (C=O) groups is 1. The van der Waals surface area contributed by atoms with E-state index in [1.807, 2.05) is 0 Å². The molecule has 0 N–H and O–H groups in total. The highest BCUT2D eigenvalue weighted by atomic mass is 79.9. The smallest absolute Gasteiger partial charge is 0.223 e. The van der Waals surface area contributed by atoms with Crippen LogP contribution in [0, 0.1) is 5.92 Å². The van der Waals surface area contributed by atoms with E-state index in [0.29, 0.717) is 24.3 Å². The summed E-state index contributed by atoms with van der Waals surface area (Å²) in [4.78, 5) is 14.2. The van der Waals surface area contributed by atoms with Crippen LogP contribution in [0.2, 0.25) is 0 Å². The van der Waals surface area contributed by atoms with Gasteiger partial charge in [0.1, 0.15) is 0 Å². The molecule has 0 radical (unpaired) electrons. The molecule has 0 spiro atoms. The van der Waals surface area contributed by atoms with E-state index in [4.69, 9.17) is 0 Å². The number of hydrogen-bond acceptors (Lipinski definition) is 1. The third-order valence-corrected chi connectivity index (χ3v) is 3.60. The van der Waals surface area contributed by atoms with E-state index in [0.717, 1.165) is 31.1 Å². The van der Waals surface area contributed by atoms with Crippen molar-refractivity contribution in [3.05, 3.63) is 0 Å². The summed E-state index contributed by atoms with van der Waals surface area (Å²) in [7, 11) is 0. The molecule has 1 unspecified atom stereocenters. The van der Waals surface area contributed by atoms with Crippen LogP contribution in [0.3, 0.4) is 0 Å².